The number of aliphatic carboxylic acids is 1. The Morgan fingerprint density at radius 1 is 1.47 bits per heavy atom. The molecule has 0 saturated carbocycles. The zero-order valence-corrected chi connectivity index (χ0v) is 11.0. The highest BCUT2D eigenvalue weighted by molar-refractivity contribution is 5.96. The molecule has 1 atom stereocenters. The van der Waals surface area contributed by atoms with E-state index in [2.05, 4.69) is 5.32 Å². The zero-order chi connectivity index (χ0) is 14.4. The average molecular weight is 266 g/mol. The minimum atomic E-state index is -1.03. The fraction of sp³-hybridized carbons (Fsp3) is 0.385. The van der Waals surface area contributed by atoms with Crippen molar-refractivity contribution in [3.8, 4) is 5.75 Å². The lowest BCUT2D eigenvalue weighted by molar-refractivity contribution is -0.138. The first kappa shape index (κ1) is 15.0. The van der Waals surface area contributed by atoms with Crippen LogP contribution >= 0.6 is 0 Å². The predicted molar refractivity (Wildman–Crippen MR) is 70.3 cm³/mol. The van der Waals surface area contributed by atoms with Crippen LogP contribution in [0.4, 0.5) is 0 Å². The number of aryl methyl sites for hydroxylation is 1. The lowest BCUT2D eigenvalue weighted by Gasteiger charge is -2.11. The summed E-state index contributed by atoms with van der Waals surface area (Å²) in [6.45, 7) is 0. The zero-order valence-electron chi connectivity index (χ0n) is 11.0. The fourth-order valence-corrected chi connectivity index (χ4v) is 1.67. The van der Waals surface area contributed by atoms with Crippen LogP contribution in [0.25, 0.3) is 0 Å². The van der Waals surface area contributed by atoms with Gasteiger partial charge < -0.3 is 20.9 Å². The highest BCUT2D eigenvalue weighted by atomic mass is 16.5. The molecule has 6 nitrogen and oxygen atoms in total. The molecule has 0 aromatic heterocycles. The monoisotopic (exact) mass is 266 g/mol. The van der Waals surface area contributed by atoms with Crippen LogP contribution in [0.15, 0.2) is 18.2 Å². The molecule has 0 aliphatic carbocycles. The van der Waals surface area contributed by atoms with Crippen molar-refractivity contribution >= 4 is 11.9 Å². The van der Waals surface area contributed by atoms with E-state index >= 15 is 0 Å². The van der Waals surface area contributed by atoms with Gasteiger partial charge in [0.05, 0.1) is 12.7 Å². The molecule has 1 unspecified atom stereocenters. The van der Waals surface area contributed by atoms with E-state index in [9.17, 15) is 9.59 Å². The second kappa shape index (κ2) is 6.75. The number of nitrogens with one attached hydrogen (secondary N) is 1. The molecule has 0 heterocycles. The molecular weight excluding hydrogens is 248 g/mol. The van der Waals surface area contributed by atoms with Gasteiger partial charge in [0.2, 0.25) is 0 Å². The van der Waals surface area contributed by atoms with E-state index in [0.29, 0.717) is 24.2 Å². The summed E-state index contributed by atoms with van der Waals surface area (Å²) >= 11 is 0. The Balaban J connectivity index is 2.86. The molecule has 0 bridgehead atoms. The maximum atomic E-state index is 11.7. The van der Waals surface area contributed by atoms with Crippen LogP contribution in [-0.4, -0.2) is 37.2 Å². The van der Waals surface area contributed by atoms with E-state index in [1.807, 2.05) is 0 Å². The molecule has 0 saturated heterocycles. The van der Waals surface area contributed by atoms with Crippen LogP contribution in [0.5, 0.6) is 5.75 Å². The van der Waals surface area contributed by atoms with Crippen molar-refractivity contribution < 1.29 is 19.4 Å². The number of methoxy groups -OCH3 is 1. The highest BCUT2D eigenvalue weighted by Crippen LogP contribution is 2.20. The summed E-state index contributed by atoms with van der Waals surface area (Å²) in [6, 6.07) is 4.27. The fourth-order valence-electron chi connectivity index (χ4n) is 1.67. The van der Waals surface area contributed by atoms with Crippen molar-refractivity contribution in [1.29, 1.82) is 0 Å². The second-order valence-electron chi connectivity index (χ2n) is 4.10. The number of carbonyl (C=O) groups excluding carboxylic acids is 1. The third-order valence-electron chi connectivity index (χ3n) is 2.80. The normalized spacial score (nSPS) is 11.7. The minimum absolute atomic E-state index is 0.249. The first-order valence-corrected chi connectivity index (χ1v) is 5.87. The summed E-state index contributed by atoms with van der Waals surface area (Å²) in [4.78, 5) is 22.3. The predicted octanol–water partition coefficient (Wildman–Crippen LogP) is 0.399. The van der Waals surface area contributed by atoms with Crippen LogP contribution in [0.3, 0.4) is 0 Å². The summed E-state index contributed by atoms with van der Waals surface area (Å²) in [5.41, 5.74) is 6.71. The topological polar surface area (TPSA) is 102 Å². The van der Waals surface area contributed by atoms with E-state index in [4.69, 9.17) is 15.6 Å². The Bertz CT molecular complexity index is 474. The Labute approximate surface area is 111 Å². The van der Waals surface area contributed by atoms with E-state index in [1.54, 1.807) is 18.2 Å². The van der Waals surface area contributed by atoms with Gasteiger partial charge in [-0.05, 0) is 30.5 Å². The average Bonchev–Trinajstić information content (AvgIpc) is 2.43. The van der Waals surface area contributed by atoms with Gasteiger partial charge in [0.25, 0.3) is 5.91 Å². The summed E-state index contributed by atoms with van der Waals surface area (Å²) in [7, 11) is 3.02. The number of ether oxygens (including phenoxy) is 1. The minimum Gasteiger partial charge on any atom is -0.496 e. The third-order valence-corrected chi connectivity index (χ3v) is 2.80. The maximum Gasteiger partial charge on any atom is 0.320 e. The number of hydrogen-bond acceptors (Lipinski definition) is 4. The molecule has 104 valence electrons. The first-order valence-electron chi connectivity index (χ1n) is 5.87. The first-order chi connectivity index (χ1) is 8.99. The van der Waals surface area contributed by atoms with Crippen molar-refractivity contribution in [2.45, 2.75) is 18.9 Å². The largest absolute Gasteiger partial charge is 0.496 e. The Hall–Kier alpha value is -2.08. The molecule has 0 aliphatic rings. The van der Waals surface area contributed by atoms with Crippen LogP contribution < -0.4 is 15.8 Å². The van der Waals surface area contributed by atoms with E-state index in [0.717, 1.165) is 5.56 Å². The lowest BCUT2D eigenvalue weighted by Crippen LogP contribution is -2.30. The van der Waals surface area contributed by atoms with Gasteiger partial charge >= 0.3 is 5.97 Å². The molecule has 4 N–H and O–H groups in total. The van der Waals surface area contributed by atoms with E-state index < -0.39 is 12.0 Å². The molecule has 1 amide bonds. The van der Waals surface area contributed by atoms with Gasteiger partial charge in [-0.3, -0.25) is 9.59 Å². The molecule has 1 aromatic carbocycles. The molecule has 1 aromatic rings. The number of carboxylic acids is 1. The van der Waals surface area contributed by atoms with E-state index in [-0.39, 0.29) is 5.91 Å². The van der Waals surface area contributed by atoms with Gasteiger partial charge in [0.1, 0.15) is 11.8 Å². The molecule has 0 spiro atoms. The van der Waals surface area contributed by atoms with Crippen LogP contribution in [0.2, 0.25) is 0 Å². The number of carboxylic acid groups (broad SMARTS) is 1. The summed E-state index contributed by atoms with van der Waals surface area (Å²) in [5.74, 6) is -0.799. The van der Waals surface area contributed by atoms with Gasteiger partial charge in [-0.25, -0.2) is 0 Å². The Morgan fingerprint density at radius 3 is 2.68 bits per heavy atom. The standard InChI is InChI=1S/C13H18N2O4/c1-15-12(16)9-7-8(4-6-11(9)19-2)3-5-10(14)13(17)18/h4,6-7,10H,3,5,14H2,1-2H3,(H,15,16)(H,17,18). The molecule has 6 heteroatoms. The number of nitrogens with two attached hydrogens (primary N) is 1. The highest BCUT2D eigenvalue weighted by Gasteiger charge is 2.14. The SMILES string of the molecule is CNC(=O)c1cc(CCC(N)C(=O)O)ccc1OC. The van der Waals surface area contributed by atoms with Gasteiger partial charge in [0.15, 0.2) is 0 Å². The molecule has 19 heavy (non-hydrogen) atoms. The van der Waals surface area contributed by atoms with E-state index in [1.165, 1.54) is 14.2 Å². The molecule has 0 radical (unpaired) electrons. The van der Waals surface area contributed by atoms with Crippen LogP contribution in [0, 0.1) is 0 Å². The molecule has 0 aliphatic heterocycles. The number of hydrogen-bond donors (Lipinski definition) is 3. The van der Waals surface area contributed by atoms with Crippen molar-refractivity contribution in [2.75, 3.05) is 14.2 Å². The van der Waals surface area contributed by atoms with Gasteiger partial charge in [-0.1, -0.05) is 6.07 Å². The maximum absolute atomic E-state index is 11.7. The quantitative estimate of drug-likeness (QED) is 0.691. The number of benzene rings is 1. The smallest absolute Gasteiger partial charge is 0.320 e. The summed E-state index contributed by atoms with van der Waals surface area (Å²) in [5, 5.41) is 11.2. The Kier molecular flexibility index (Phi) is 5.32. The van der Waals surface area contributed by atoms with Crippen LogP contribution in [-0.2, 0) is 11.2 Å². The third kappa shape index (κ3) is 3.96. The van der Waals surface area contributed by atoms with Gasteiger partial charge in [-0.15, -0.1) is 0 Å². The number of carbonyl (C=O) groups is 2. The number of amides is 1. The van der Waals surface area contributed by atoms with Gasteiger partial charge in [-0.2, -0.15) is 0 Å². The molecule has 1 rings (SSSR count). The van der Waals surface area contributed by atoms with Gasteiger partial charge in [0, 0.05) is 7.05 Å². The summed E-state index contributed by atoms with van der Waals surface area (Å²) < 4.78 is 5.11. The van der Waals surface area contributed by atoms with Crippen molar-refractivity contribution in [3.05, 3.63) is 29.3 Å². The lowest BCUT2D eigenvalue weighted by atomic mass is 10.0. The molecule has 0 fully saturated rings. The number of rotatable bonds is 6. The van der Waals surface area contributed by atoms with Crippen LogP contribution in [0.1, 0.15) is 22.3 Å². The van der Waals surface area contributed by atoms with Crippen molar-refractivity contribution in [1.82, 2.24) is 5.32 Å². The van der Waals surface area contributed by atoms with Crippen molar-refractivity contribution in [3.63, 3.8) is 0 Å². The second-order valence-corrected chi connectivity index (χ2v) is 4.10. The summed E-state index contributed by atoms with van der Waals surface area (Å²) in [6.07, 6.45) is 0.802. The van der Waals surface area contributed by atoms with Crippen molar-refractivity contribution in [2.24, 2.45) is 5.73 Å². The Morgan fingerprint density at radius 2 is 2.16 bits per heavy atom. The molecular formula is C13H18N2O4.